The van der Waals surface area contributed by atoms with Crippen LogP contribution in [-0.2, 0) is 0 Å². The highest BCUT2D eigenvalue weighted by Gasteiger charge is 2.07. The Hall–Kier alpha value is -2.01. The lowest BCUT2D eigenvalue weighted by Crippen LogP contribution is -2.00. The van der Waals surface area contributed by atoms with Gasteiger partial charge in [-0.05, 0) is 11.5 Å². The van der Waals surface area contributed by atoms with Crippen LogP contribution >= 0.6 is 11.8 Å². The Kier molecular flexibility index (Phi) is 4.63. The SMILES string of the molecule is CC(C)c1nc(SCCOc2cccc3ccccc23)n[nH]1. The van der Waals surface area contributed by atoms with Gasteiger partial charge in [0.2, 0.25) is 5.16 Å². The molecule has 0 fully saturated rings. The van der Waals surface area contributed by atoms with Crippen molar-refractivity contribution in [2.24, 2.45) is 0 Å². The van der Waals surface area contributed by atoms with Crippen LogP contribution in [0, 0.1) is 0 Å². The largest absolute Gasteiger partial charge is 0.492 e. The number of ether oxygens (including phenoxy) is 1. The standard InChI is InChI=1S/C17H19N3OS/c1-12(2)16-18-17(20-19-16)22-11-10-21-15-9-5-7-13-6-3-4-8-14(13)15/h3-9,12H,10-11H2,1-2H3,(H,18,19,20). The maximum Gasteiger partial charge on any atom is 0.208 e. The molecule has 22 heavy (non-hydrogen) atoms. The zero-order chi connectivity index (χ0) is 15.4. The normalized spacial score (nSPS) is 11.2. The number of H-pyrrole nitrogens is 1. The highest BCUT2D eigenvalue weighted by atomic mass is 32.2. The van der Waals surface area contributed by atoms with Gasteiger partial charge in [-0.1, -0.05) is 62.0 Å². The zero-order valence-corrected chi connectivity index (χ0v) is 13.6. The minimum atomic E-state index is 0.369. The Morgan fingerprint density at radius 3 is 2.77 bits per heavy atom. The lowest BCUT2D eigenvalue weighted by Gasteiger charge is -2.08. The molecule has 0 atom stereocenters. The van der Waals surface area contributed by atoms with E-state index in [9.17, 15) is 0 Å². The summed E-state index contributed by atoms with van der Waals surface area (Å²) in [7, 11) is 0. The third-order valence-electron chi connectivity index (χ3n) is 3.35. The molecule has 0 saturated heterocycles. The van der Waals surface area contributed by atoms with E-state index in [2.05, 4.69) is 47.2 Å². The first-order chi connectivity index (χ1) is 10.7. The van der Waals surface area contributed by atoms with Crippen LogP contribution in [-0.4, -0.2) is 27.5 Å². The molecule has 0 radical (unpaired) electrons. The van der Waals surface area contributed by atoms with E-state index in [0.29, 0.717) is 12.5 Å². The average molecular weight is 313 g/mol. The minimum absolute atomic E-state index is 0.369. The van der Waals surface area contributed by atoms with Crippen LogP contribution in [0.1, 0.15) is 25.6 Å². The predicted octanol–water partition coefficient (Wildman–Crippen LogP) is 4.25. The second kappa shape index (κ2) is 6.83. The lowest BCUT2D eigenvalue weighted by molar-refractivity contribution is 0.348. The van der Waals surface area contributed by atoms with Crippen molar-refractivity contribution in [1.82, 2.24) is 15.2 Å². The molecule has 114 valence electrons. The van der Waals surface area contributed by atoms with Crippen molar-refractivity contribution < 1.29 is 4.74 Å². The molecule has 1 N–H and O–H groups in total. The van der Waals surface area contributed by atoms with Gasteiger partial charge in [0, 0.05) is 17.1 Å². The molecule has 0 amide bonds. The molecule has 1 aromatic heterocycles. The summed E-state index contributed by atoms with van der Waals surface area (Å²) in [6, 6.07) is 14.4. The van der Waals surface area contributed by atoms with E-state index in [4.69, 9.17) is 4.74 Å². The molecule has 3 aromatic rings. The fraction of sp³-hybridized carbons (Fsp3) is 0.294. The molecular formula is C17H19N3OS. The van der Waals surface area contributed by atoms with Crippen LogP contribution in [0.2, 0.25) is 0 Å². The number of benzene rings is 2. The number of rotatable bonds is 6. The summed E-state index contributed by atoms with van der Waals surface area (Å²) < 4.78 is 5.91. The number of nitrogens with one attached hydrogen (secondary N) is 1. The minimum Gasteiger partial charge on any atom is -0.492 e. The van der Waals surface area contributed by atoms with Crippen LogP contribution in [0.3, 0.4) is 0 Å². The van der Waals surface area contributed by atoms with Gasteiger partial charge in [0.15, 0.2) is 0 Å². The predicted molar refractivity (Wildman–Crippen MR) is 90.6 cm³/mol. The second-order valence-corrected chi connectivity index (χ2v) is 6.39. The quantitative estimate of drug-likeness (QED) is 0.546. The summed E-state index contributed by atoms with van der Waals surface area (Å²) in [5.41, 5.74) is 0. The molecule has 0 unspecified atom stereocenters. The van der Waals surface area contributed by atoms with E-state index in [-0.39, 0.29) is 0 Å². The first-order valence-corrected chi connectivity index (χ1v) is 8.38. The van der Waals surface area contributed by atoms with Gasteiger partial charge in [-0.15, -0.1) is 5.10 Å². The molecule has 3 rings (SSSR count). The van der Waals surface area contributed by atoms with E-state index in [0.717, 1.165) is 27.9 Å². The third-order valence-corrected chi connectivity index (χ3v) is 4.16. The Balaban J connectivity index is 1.56. The highest BCUT2D eigenvalue weighted by molar-refractivity contribution is 7.99. The molecule has 2 aromatic carbocycles. The van der Waals surface area contributed by atoms with Gasteiger partial charge in [0.05, 0.1) is 6.61 Å². The van der Waals surface area contributed by atoms with Crippen molar-refractivity contribution in [3.05, 3.63) is 48.3 Å². The lowest BCUT2D eigenvalue weighted by atomic mass is 10.1. The van der Waals surface area contributed by atoms with Gasteiger partial charge in [0.25, 0.3) is 0 Å². The van der Waals surface area contributed by atoms with Crippen molar-refractivity contribution in [2.75, 3.05) is 12.4 Å². The van der Waals surface area contributed by atoms with Gasteiger partial charge in [0.1, 0.15) is 11.6 Å². The van der Waals surface area contributed by atoms with Crippen molar-refractivity contribution in [3.8, 4) is 5.75 Å². The first-order valence-electron chi connectivity index (χ1n) is 7.39. The number of fused-ring (bicyclic) bond motifs is 1. The number of aromatic nitrogens is 3. The fourth-order valence-corrected chi connectivity index (χ4v) is 2.81. The zero-order valence-electron chi connectivity index (χ0n) is 12.7. The smallest absolute Gasteiger partial charge is 0.208 e. The summed E-state index contributed by atoms with van der Waals surface area (Å²) in [6.45, 7) is 4.82. The fourth-order valence-electron chi connectivity index (χ4n) is 2.19. The summed E-state index contributed by atoms with van der Waals surface area (Å²) in [5, 5.41) is 10.3. The first kappa shape index (κ1) is 14.9. The summed E-state index contributed by atoms with van der Waals surface area (Å²) in [5.74, 6) is 3.04. The van der Waals surface area contributed by atoms with Crippen molar-refractivity contribution in [3.63, 3.8) is 0 Å². The van der Waals surface area contributed by atoms with E-state index in [1.54, 1.807) is 11.8 Å². The average Bonchev–Trinajstić information content (AvgIpc) is 3.01. The molecule has 0 bridgehead atoms. The van der Waals surface area contributed by atoms with Gasteiger partial charge in [-0.2, -0.15) is 0 Å². The van der Waals surface area contributed by atoms with E-state index in [1.165, 1.54) is 5.39 Å². The summed E-state index contributed by atoms with van der Waals surface area (Å²) >= 11 is 1.60. The Bertz CT molecular complexity index is 749. The molecule has 4 nitrogen and oxygen atoms in total. The molecule has 0 spiro atoms. The van der Waals surface area contributed by atoms with E-state index < -0.39 is 0 Å². The molecule has 0 saturated carbocycles. The summed E-state index contributed by atoms with van der Waals surface area (Å²) in [4.78, 5) is 4.44. The Morgan fingerprint density at radius 1 is 1.14 bits per heavy atom. The van der Waals surface area contributed by atoms with Crippen molar-refractivity contribution in [1.29, 1.82) is 0 Å². The highest BCUT2D eigenvalue weighted by Crippen LogP contribution is 2.25. The number of nitrogens with zero attached hydrogens (tertiary/aromatic N) is 2. The van der Waals surface area contributed by atoms with Gasteiger partial charge in [-0.3, -0.25) is 5.10 Å². The molecular weight excluding hydrogens is 294 g/mol. The van der Waals surface area contributed by atoms with Crippen LogP contribution in [0.15, 0.2) is 47.6 Å². The number of hydrogen-bond donors (Lipinski definition) is 1. The van der Waals surface area contributed by atoms with Crippen molar-refractivity contribution in [2.45, 2.75) is 24.9 Å². The van der Waals surface area contributed by atoms with Crippen LogP contribution in [0.25, 0.3) is 10.8 Å². The third kappa shape index (κ3) is 3.42. The van der Waals surface area contributed by atoms with Gasteiger partial charge >= 0.3 is 0 Å². The van der Waals surface area contributed by atoms with Gasteiger partial charge < -0.3 is 4.74 Å². The number of hydrogen-bond acceptors (Lipinski definition) is 4. The molecule has 0 aliphatic rings. The molecule has 5 heteroatoms. The molecule has 1 heterocycles. The second-order valence-electron chi connectivity index (χ2n) is 5.33. The number of aromatic amines is 1. The Morgan fingerprint density at radius 2 is 1.95 bits per heavy atom. The van der Waals surface area contributed by atoms with E-state index >= 15 is 0 Å². The van der Waals surface area contributed by atoms with Gasteiger partial charge in [-0.25, -0.2) is 4.98 Å². The molecule has 0 aliphatic heterocycles. The van der Waals surface area contributed by atoms with Crippen LogP contribution < -0.4 is 4.74 Å². The number of thioether (sulfide) groups is 1. The molecule has 0 aliphatic carbocycles. The maximum absolute atomic E-state index is 5.91. The Labute approximate surface area is 134 Å². The maximum atomic E-state index is 5.91. The topological polar surface area (TPSA) is 50.8 Å². The van der Waals surface area contributed by atoms with Crippen LogP contribution in [0.5, 0.6) is 5.75 Å². The monoisotopic (exact) mass is 313 g/mol. The summed E-state index contributed by atoms with van der Waals surface area (Å²) in [6.07, 6.45) is 0. The van der Waals surface area contributed by atoms with E-state index in [1.807, 2.05) is 24.3 Å². The van der Waals surface area contributed by atoms with Crippen LogP contribution in [0.4, 0.5) is 0 Å². The van der Waals surface area contributed by atoms with Crippen molar-refractivity contribution >= 4 is 22.5 Å².